The second-order valence-corrected chi connectivity index (χ2v) is 11.2. The summed E-state index contributed by atoms with van der Waals surface area (Å²) in [5, 5.41) is 11.9. The van der Waals surface area contributed by atoms with Gasteiger partial charge in [0, 0.05) is 43.9 Å². The third kappa shape index (κ3) is 3.62. The molecule has 1 fully saturated rings. The number of phenols is 1. The van der Waals surface area contributed by atoms with E-state index in [1.807, 2.05) is 41.0 Å². The van der Waals surface area contributed by atoms with Crippen molar-refractivity contribution < 1.29 is 9.52 Å². The molecule has 2 atom stereocenters. The zero-order valence-corrected chi connectivity index (χ0v) is 21.1. The molecule has 3 aromatic heterocycles. The van der Waals surface area contributed by atoms with Crippen LogP contribution < -0.4 is 11.0 Å². The summed E-state index contributed by atoms with van der Waals surface area (Å²) in [5.41, 5.74) is 3.39. The first-order chi connectivity index (χ1) is 18.0. The predicted octanol–water partition coefficient (Wildman–Crippen LogP) is 4.86. The quantitative estimate of drug-likeness (QED) is 0.372. The Kier molecular flexibility index (Phi) is 5.09. The number of rotatable bonds is 3. The normalized spacial score (nSPS) is 19.4. The molecule has 5 heterocycles. The lowest BCUT2D eigenvalue weighted by atomic mass is 9.83. The maximum atomic E-state index is 13.7. The van der Waals surface area contributed by atoms with E-state index in [1.54, 1.807) is 25.1 Å². The average molecular weight is 512 g/mol. The van der Waals surface area contributed by atoms with Gasteiger partial charge in [-0.25, -0.2) is 4.98 Å². The van der Waals surface area contributed by atoms with Gasteiger partial charge >= 0.3 is 0 Å². The summed E-state index contributed by atoms with van der Waals surface area (Å²) in [6, 6.07) is 16.6. The molecule has 1 saturated heterocycles. The number of piperidine rings is 1. The number of aromatic nitrogens is 2. The second-order valence-electron chi connectivity index (χ2n) is 10.2. The number of thiazole rings is 1. The smallest absolute Gasteiger partial charge is 0.250 e. The number of benzene rings is 2. The van der Waals surface area contributed by atoms with Crippen molar-refractivity contribution >= 4 is 32.5 Å². The minimum Gasteiger partial charge on any atom is -0.507 e. The number of aryl methyl sites for hydroxylation is 1. The molecule has 0 spiro atoms. The number of pyridine rings is 1. The highest BCUT2D eigenvalue weighted by Crippen LogP contribution is 2.38. The SMILES string of the molecule is Cc1oc2c(CN3CC4CC(C3)c3cccc(=O)n3C4)c(O)ccc2c(=O)c1-c1nc2ccccc2s1. The Labute approximate surface area is 216 Å². The van der Waals surface area contributed by atoms with Gasteiger partial charge in [0.25, 0.3) is 5.56 Å². The average Bonchev–Trinajstić information content (AvgIpc) is 3.30. The minimum atomic E-state index is -0.136. The second kappa shape index (κ2) is 8.39. The van der Waals surface area contributed by atoms with Crippen LogP contribution >= 0.6 is 11.3 Å². The summed E-state index contributed by atoms with van der Waals surface area (Å²) >= 11 is 1.47. The van der Waals surface area contributed by atoms with Gasteiger partial charge in [-0.05, 0) is 49.6 Å². The third-order valence-electron chi connectivity index (χ3n) is 7.76. The van der Waals surface area contributed by atoms with Crippen LogP contribution in [0.2, 0.25) is 0 Å². The molecule has 0 saturated carbocycles. The van der Waals surface area contributed by atoms with E-state index in [9.17, 15) is 14.7 Å². The van der Waals surface area contributed by atoms with Gasteiger partial charge < -0.3 is 14.1 Å². The molecule has 2 bridgehead atoms. The Hall–Kier alpha value is -3.75. The van der Waals surface area contributed by atoms with Gasteiger partial charge in [-0.1, -0.05) is 18.2 Å². The van der Waals surface area contributed by atoms with Crippen molar-refractivity contribution in [1.82, 2.24) is 14.5 Å². The first-order valence-corrected chi connectivity index (χ1v) is 13.3. The molecule has 2 aromatic carbocycles. The highest BCUT2D eigenvalue weighted by molar-refractivity contribution is 7.21. The van der Waals surface area contributed by atoms with Crippen molar-refractivity contribution in [3.63, 3.8) is 0 Å². The monoisotopic (exact) mass is 511 g/mol. The van der Waals surface area contributed by atoms with E-state index >= 15 is 0 Å². The molecule has 37 heavy (non-hydrogen) atoms. The number of para-hydroxylation sites is 1. The fraction of sp³-hybridized carbons (Fsp3) is 0.276. The molecule has 2 aliphatic rings. The Balaban J connectivity index is 1.28. The topological polar surface area (TPSA) is 88.6 Å². The van der Waals surface area contributed by atoms with Crippen LogP contribution in [-0.2, 0) is 13.1 Å². The van der Waals surface area contributed by atoms with Gasteiger partial charge in [0.05, 0.1) is 26.7 Å². The molecule has 5 aromatic rings. The fourth-order valence-electron chi connectivity index (χ4n) is 6.14. The molecular formula is C29H25N3O4S. The third-order valence-corrected chi connectivity index (χ3v) is 8.81. The van der Waals surface area contributed by atoms with Gasteiger partial charge in [-0.2, -0.15) is 0 Å². The van der Waals surface area contributed by atoms with E-state index < -0.39 is 0 Å². The van der Waals surface area contributed by atoms with Crippen molar-refractivity contribution in [2.75, 3.05) is 13.1 Å². The Bertz CT molecular complexity index is 1790. The molecule has 0 amide bonds. The van der Waals surface area contributed by atoms with Crippen molar-refractivity contribution in [3.05, 3.63) is 92.2 Å². The van der Waals surface area contributed by atoms with E-state index in [0.717, 1.165) is 35.4 Å². The molecule has 7 nitrogen and oxygen atoms in total. The van der Waals surface area contributed by atoms with Gasteiger partial charge in [-0.3, -0.25) is 14.5 Å². The number of hydrogen-bond donors (Lipinski definition) is 1. The van der Waals surface area contributed by atoms with Crippen LogP contribution in [0.15, 0.2) is 68.6 Å². The van der Waals surface area contributed by atoms with Crippen LogP contribution in [-0.4, -0.2) is 32.6 Å². The van der Waals surface area contributed by atoms with E-state index in [2.05, 4.69) is 9.88 Å². The van der Waals surface area contributed by atoms with Crippen LogP contribution in [0.3, 0.4) is 0 Å². The highest BCUT2D eigenvalue weighted by atomic mass is 32.1. The molecule has 0 radical (unpaired) electrons. The molecule has 7 rings (SSSR count). The van der Waals surface area contributed by atoms with Crippen molar-refractivity contribution in [3.8, 4) is 16.3 Å². The van der Waals surface area contributed by atoms with Crippen LogP contribution in [0.1, 0.15) is 29.4 Å². The fourth-order valence-corrected chi connectivity index (χ4v) is 7.20. The van der Waals surface area contributed by atoms with Gasteiger partial charge in [0.2, 0.25) is 5.43 Å². The molecular weight excluding hydrogens is 486 g/mol. The summed E-state index contributed by atoms with van der Waals surface area (Å²) in [6.07, 6.45) is 1.06. The van der Waals surface area contributed by atoms with Crippen LogP contribution in [0.25, 0.3) is 31.8 Å². The molecule has 2 aliphatic heterocycles. The summed E-state index contributed by atoms with van der Waals surface area (Å²) in [7, 11) is 0. The summed E-state index contributed by atoms with van der Waals surface area (Å²) < 4.78 is 9.21. The number of nitrogens with zero attached hydrogens (tertiary/aromatic N) is 3. The first-order valence-electron chi connectivity index (χ1n) is 12.5. The van der Waals surface area contributed by atoms with Gasteiger partial charge in [-0.15, -0.1) is 11.3 Å². The number of aromatic hydroxyl groups is 1. The number of likely N-dealkylation sites (tertiary alicyclic amines) is 1. The van der Waals surface area contributed by atoms with Gasteiger partial charge in [0.1, 0.15) is 22.1 Å². The summed E-state index contributed by atoms with van der Waals surface area (Å²) in [4.78, 5) is 33.1. The lowest BCUT2D eigenvalue weighted by Crippen LogP contribution is -2.46. The van der Waals surface area contributed by atoms with E-state index in [-0.39, 0.29) is 22.7 Å². The molecule has 1 N–H and O–H groups in total. The molecule has 8 heteroatoms. The van der Waals surface area contributed by atoms with Crippen molar-refractivity contribution in [2.45, 2.75) is 32.4 Å². The lowest BCUT2D eigenvalue weighted by molar-refractivity contribution is 0.113. The maximum absolute atomic E-state index is 13.7. The maximum Gasteiger partial charge on any atom is 0.250 e. The number of phenolic OH excluding ortho intramolecular Hbond substituents is 1. The zero-order chi connectivity index (χ0) is 25.3. The lowest BCUT2D eigenvalue weighted by Gasteiger charge is -2.42. The Morgan fingerprint density at radius 1 is 1.05 bits per heavy atom. The van der Waals surface area contributed by atoms with Crippen molar-refractivity contribution in [2.24, 2.45) is 5.92 Å². The van der Waals surface area contributed by atoms with Crippen LogP contribution in [0.5, 0.6) is 5.75 Å². The summed E-state index contributed by atoms with van der Waals surface area (Å²) in [5.74, 6) is 1.24. The molecule has 0 aliphatic carbocycles. The number of fused-ring (bicyclic) bond motifs is 6. The van der Waals surface area contributed by atoms with Crippen LogP contribution in [0, 0.1) is 12.8 Å². The van der Waals surface area contributed by atoms with E-state index in [1.165, 1.54) is 11.3 Å². The minimum absolute atomic E-state index is 0.0635. The van der Waals surface area contributed by atoms with E-state index in [4.69, 9.17) is 4.42 Å². The highest BCUT2D eigenvalue weighted by Gasteiger charge is 2.35. The van der Waals surface area contributed by atoms with Crippen LogP contribution in [0.4, 0.5) is 0 Å². The van der Waals surface area contributed by atoms with Crippen molar-refractivity contribution in [1.29, 1.82) is 0 Å². The largest absolute Gasteiger partial charge is 0.507 e. The number of hydrogen-bond acceptors (Lipinski definition) is 7. The first kappa shape index (κ1) is 22.4. The predicted molar refractivity (Wildman–Crippen MR) is 144 cm³/mol. The standard InChI is InChI=1S/C29H25N3O4S/c1-16-26(29-30-21-5-2-3-7-24(21)37-29)27(35)19-9-10-23(33)20(28(19)36-16)15-31-12-17-11-18(14-31)22-6-4-8-25(34)32(22)13-17/h2-10,17-18,33H,11-15H2,1H3. The Morgan fingerprint density at radius 3 is 2.78 bits per heavy atom. The van der Waals surface area contributed by atoms with E-state index in [0.29, 0.717) is 51.9 Å². The van der Waals surface area contributed by atoms with Gasteiger partial charge in [0.15, 0.2) is 0 Å². The summed E-state index contributed by atoms with van der Waals surface area (Å²) in [6.45, 7) is 4.57. The molecule has 186 valence electrons. The molecule has 2 unspecified atom stereocenters. The zero-order valence-electron chi connectivity index (χ0n) is 20.3. The Morgan fingerprint density at radius 2 is 1.92 bits per heavy atom.